The molecule has 4 nitrogen and oxygen atoms in total. The first-order valence-corrected chi connectivity index (χ1v) is 11.3. The van der Waals surface area contributed by atoms with E-state index in [-0.39, 0.29) is 0 Å². The second kappa shape index (κ2) is 7.42. The minimum Gasteiger partial charge on any atom is -0.455 e. The summed E-state index contributed by atoms with van der Waals surface area (Å²) in [7, 11) is 0. The highest BCUT2D eigenvalue weighted by Gasteiger charge is 2.20. The molecule has 160 valence electrons. The SMILES string of the molecule is c1ccc(-c2ccc3c(c2)oc2c(-c4nc5cccnc5n4-c4ccccc4)cccc23)cc1. The zero-order valence-electron chi connectivity index (χ0n) is 18.2. The van der Waals surface area contributed by atoms with Gasteiger partial charge in [0.05, 0.1) is 5.56 Å². The Morgan fingerprint density at radius 3 is 2.32 bits per heavy atom. The zero-order valence-corrected chi connectivity index (χ0v) is 18.2. The van der Waals surface area contributed by atoms with Gasteiger partial charge in [-0.05, 0) is 53.6 Å². The van der Waals surface area contributed by atoms with Crippen molar-refractivity contribution in [1.29, 1.82) is 0 Å². The van der Waals surface area contributed by atoms with Gasteiger partial charge in [0, 0.05) is 22.7 Å². The molecule has 0 spiro atoms. The Morgan fingerprint density at radius 1 is 0.647 bits per heavy atom. The highest BCUT2D eigenvalue weighted by atomic mass is 16.3. The van der Waals surface area contributed by atoms with Gasteiger partial charge in [-0.2, -0.15) is 0 Å². The zero-order chi connectivity index (χ0) is 22.5. The molecule has 7 rings (SSSR count). The minimum absolute atomic E-state index is 0.813. The van der Waals surface area contributed by atoms with E-state index in [1.54, 1.807) is 6.20 Å². The lowest BCUT2D eigenvalue weighted by atomic mass is 10.0. The lowest BCUT2D eigenvalue weighted by molar-refractivity contribution is 0.669. The van der Waals surface area contributed by atoms with Crippen molar-refractivity contribution in [3.05, 3.63) is 115 Å². The minimum atomic E-state index is 0.813. The van der Waals surface area contributed by atoms with Crippen LogP contribution in [0.5, 0.6) is 0 Å². The summed E-state index contributed by atoms with van der Waals surface area (Å²) in [6.07, 6.45) is 1.81. The van der Waals surface area contributed by atoms with Gasteiger partial charge in [-0.1, -0.05) is 66.7 Å². The number of imidazole rings is 1. The van der Waals surface area contributed by atoms with Crippen LogP contribution in [0.2, 0.25) is 0 Å². The van der Waals surface area contributed by atoms with Crippen LogP contribution in [0.4, 0.5) is 0 Å². The molecule has 0 saturated carbocycles. The van der Waals surface area contributed by atoms with Gasteiger partial charge in [0.2, 0.25) is 0 Å². The molecule has 0 fully saturated rings. The Hall–Kier alpha value is -4.70. The molecule has 0 aliphatic heterocycles. The third kappa shape index (κ3) is 2.86. The predicted octanol–water partition coefficient (Wildman–Crippen LogP) is 7.65. The van der Waals surface area contributed by atoms with Crippen molar-refractivity contribution in [3.63, 3.8) is 0 Å². The number of pyridine rings is 1. The number of hydrogen-bond acceptors (Lipinski definition) is 3. The van der Waals surface area contributed by atoms with Gasteiger partial charge in [-0.15, -0.1) is 0 Å². The summed E-state index contributed by atoms with van der Waals surface area (Å²) in [6.45, 7) is 0. The molecule has 0 amide bonds. The van der Waals surface area contributed by atoms with Crippen molar-refractivity contribution < 1.29 is 4.42 Å². The Labute approximate surface area is 195 Å². The molecule has 7 aromatic rings. The molecule has 0 aliphatic rings. The predicted molar refractivity (Wildman–Crippen MR) is 137 cm³/mol. The van der Waals surface area contributed by atoms with Crippen LogP contribution in [0.1, 0.15) is 0 Å². The first kappa shape index (κ1) is 18.8. The maximum atomic E-state index is 6.51. The summed E-state index contributed by atoms with van der Waals surface area (Å²) in [6, 6.07) is 37.2. The summed E-state index contributed by atoms with van der Waals surface area (Å²) in [4.78, 5) is 9.63. The highest BCUT2D eigenvalue weighted by Crippen LogP contribution is 2.38. The van der Waals surface area contributed by atoms with E-state index >= 15 is 0 Å². The van der Waals surface area contributed by atoms with Crippen molar-refractivity contribution >= 4 is 33.1 Å². The van der Waals surface area contributed by atoms with Gasteiger partial charge >= 0.3 is 0 Å². The fourth-order valence-electron chi connectivity index (χ4n) is 4.70. The molecule has 3 aromatic heterocycles. The number of hydrogen-bond donors (Lipinski definition) is 0. The van der Waals surface area contributed by atoms with Crippen LogP contribution in [0, 0.1) is 0 Å². The molecule has 0 aliphatic carbocycles. The molecular formula is C30H19N3O. The van der Waals surface area contributed by atoms with Crippen molar-refractivity contribution in [2.45, 2.75) is 0 Å². The summed E-state index contributed by atoms with van der Waals surface area (Å²) >= 11 is 0. The van der Waals surface area contributed by atoms with Crippen LogP contribution in [0.15, 0.2) is 120 Å². The number of nitrogens with zero attached hydrogens (tertiary/aromatic N) is 3. The van der Waals surface area contributed by atoms with E-state index in [1.807, 2.05) is 36.4 Å². The lowest BCUT2D eigenvalue weighted by Gasteiger charge is -2.09. The quantitative estimate of drug-likeness (QED) is 0.285. The molecule has 4 aromatic carbocycles. The van der Waals surface area contributed by atoms with E-state index in [4.69, 9.17) is 9.40 Å². The third-order valence-corrected chi connectivity index (χ3v) is 6.28. The average molecular weight is 438 g/mol. The molecule has 3 heterocycles. The van der Waals surface area contributed by atoms with E-state index in [1.165, 1.54) is 5.56 Å². The summed E-state index contributed by atoms with van der Waals surface area (Å²) in [5.41, 5.74) is 7.62. The van der Waals surface area contributed by atoms with Gasteiger partial charge in [0.25, 0.3) is 0 Å². The molecule has 0 N–H and O–H groups in total. The van der Waals surface area contributed by atoms with Crippen LogP contribution in [-0.2, 0) is 0 Å². The molecule has 0 saturated heterocycles. The van der Waals surface area contributed by atoms with E-state index in [9.17, 15) is 0 Å². The van der Waals surface area contributed by atoms with Crippen molar-refractivity contribution in [2.24, 2.45) is 0 Å². The molecular weight excluding hydrogens is 418 g/mol. The Bertz CT molecular complexity index is 1800. The topological polar surface area (TPSA) is 43.9 Å². The maximum absolute atomic E-state index is 6.51. The first-order valence-electron chi connectivity index (χ1n) is 11.3. The Balaban J connectivity index is 1.50. The summed E-state index contributed by atoms with van der Waals surface area (Å²) in [5.74, 6) is 0.813. The second-order valence-corrected chi connectivity index (χ2v) is 8.31. The van der Waals surface area contributed by atoms with Crippen LogP contribution in [-0.4, -0.2) is 14.5 Å². The number of benzene rings is 4. The maximum Gasteiger partial charge on any atom is 0.164 e. The van der Waals surface area contributed by atoms with E-state index < -0.39 is 0 Å². The van der Waals surface area contributed by atoms with Gasteiger partial charge in [0.1, 0.15) is 16.7 Å². The number of furan rings is 1. The fraction of sp³-hybridized carbons (Fsp3) is 0. The number of para-hydroxylation sites is 2. The molecule has 34 heavy (non-hydrogen) atoms. The number of aromatic nitrogens is 3. The van der Waals surface area contributed by atoms with Crippen LogP contribution in [0.25, 0.3) is 61.3 Å². The standard InChI is InChI=1S/C30H19N3O/c1-3-9-20(10-4-1)21-16-17-23-24-13-7-14-25(28(24)34-27(23)19-21)29-32-26-15-8-18-31-30(26)33(29)22-11-5-2-6-12-22/h1-19H. The van der Waals surface area contributed by atoms with E-state index in [0.717, 1.165) is 55.7 Å². The fourth-order valence-corrected chi connectivity index (χ4v) is 4.70. The van der Waals surface area contributed by atoms with Crippen LogP contribution >= 0.6 is 0 Å². The smallest absolute Gasteiger partial charge is 0.164 e. The highest BCUT2D eigenvalue weighted by molar-refractivity contribution is 6.10. The second-order valence-electron chi connectivity index (χ2n) is 8.31. The normalized spacial score (nSPS) is 11.5. The molecule has 4 heteroatoms. The van der Waals surface area contributed by atoms with Crippen LogP contribution < -0.4 is 0 Å². The van der Waals surface area contributed by atoms with Crippen molar-refractivity contribution in [3.8, 4) is 28.2 Å². The monoisotopic (exact) mass is 437 g/mol. The van der Waals surface area contributed by atoms with Gasteiger partial charge in [-0.3, -0.25) is 4.57 Å². The molecule has 0 atom stereocenters. The summed E-state index contributed by atoms with van der Waals surface area (Å²) in [5, 5.41) is 2.17. The van der Waals surface area contributed by atoms with Gasteiger partial charge in [-0.25, -0.2) is 9.97 Å². The number of rotatable bonds is 3. The Morgan fingerprint density at radius 2 is 1.47 bits per heavy atom. The molecule has 0 radical (unpaired) electrons. The average Bonchev–Trinajstić information content (AvgIpc) is 3.48. The Kier molecular flexibility index (Phi) is 4.11. The van der Waals surface area contributed by atoms with E-state index in [2.05, 4.69) is 82.3 Å². The number of fused-ring (bicyclic) bond motifs is 4. The first-order chi connectivity index (χ1) is 16.9. The van der Waals surface area contributed by atoms with E-state index in [0.29, 0.717) is 0 Å². The molecule has 0 bridgehead atoms. The van der Waals surface area contributed by atoms with Crippen molar-refractivity contribution in [1.82, 2.24) is 14.5 Å². The van der Waals surface area contributed by atoms with Crippen LogP contribution in [0.3, 0.4) is 0 Å². The summed E-state index contributed by atoms with van der Waals surface area (Å²) < 4.78 is 8.62. The van der Waals surface area contributed by atoms with Gasteiger partial charge in [0.15, 0.2) is 11.5 Å². The third-order valence-electron chi connectivity index (χ3n) is 6.28. The van der Waals surface area contributed by atoms with Crippen molar-refractivity contribution in [2.75, 3.05) is 0 Å². The largest absolute Gasteiger partial charge is 0.455 e. The molecule has 0 unspecified atom stereocenters. The van der Waals surface area contributed by atoms with Gasteiger partial charge < -0.3 is 4.42 Å². The lowest BCUT2D eigenvalue weighted by Crippen LogP contribution is -1.98.